The van der Waals surface area contributed by atoms with E-state index in [1.807, 2.05) is 30.3 Å². The number of para-hydroxylation sites is 1. The molecule has 0 saturated heterocycles. The molecule has 0 fully saturated rings. The maximum atomic E-state index is 12.6. The van der Waals surface area contributed by atoms with Crippen LogP contribution in [0.3, 0.4) is 0 Å². The van der Waals surface area contributed by atoms with Gasteiger partial charge in [0.2, 0.25) is 0 Å². The van der Waals surface area contributed by atoms with E-state index in [0.717, 1.165) is 5.56 Å². The highest BCUT2D eigenvalue weighted by molar-refractivity contribution is 7.12. The van der Waals surface area contributed by atoms with Gasteiger partial charge in [0, 0.05) is 5.56 Å². The summed E-state index contributed by atoms with van der Waals surface area (Å²) >= 11 is 1.25. The van der Waals surface area contributed by atoms with Crippen LogP contribution in [-0.2, 0) is 4.74 Å². The molecule has 0 aliphatic heterocycles. The molecular weight excluding hydrogens is 324 g/mol. The number of rotatable bonds is 4. The number of benzene rings is 2. The number of methoxy groups -OCH3 is 1. The largest absolute Gasteiger partial charge is 0.465 e. The first-order chi connectivity index (χ1) is 11.7. The number of carbonyl (C=O) groups is 2. The lowest BCUT2D eigenvalue weighted by Crippen LogP contribution is -2.15. The summed E-state index contributed by atoms with van der Waals surface area (Å²) in [5.41, 5.74) is 3.82. The Morgan fingerprint density at radius 3 is 2.50 bits per heavy atom. The number of hydrogen-bond acceptors (Lipinski definition) is 5. The Bertz CT molecular complexity index is 875. The molecule has 24 heavy (non-hydrogen) atoms. The number of aromatic nitrogens is 1. The minimum atomic E-state index is -0.501. The second kappa shape index (κ2) is 7.06. The molecule has 2 aromatic carbocycles. The van der Waals surface area contributed by atoms with Crippen molar-refractivity contribution in [1.29, 1.82) is 0 Å². The van der Waals surface area contributed by atoms with Gasteiger partial charge in [-0.1, -0.05) is 42.5 Å². The predicted octanol–water partition coefficient (Wildman–Crippen LogP) is 3.85. The van der Waals surface area contributed by atoms with E-state index in [4.69, 9.17) is 4.74 Å². The van der Waals surface area contributed by atoms with Gasteiger partial charge in [-0.05, 0) is 12.1 Å². The fourth-order valence-corrected chi connectivity index (χ4v) is 2.97. The van der Waals surface area contributed by atoms with Gasteiger partial charge < -0.3 is 10.1 Å². The normalized spacial score (nSPS) is 10.2. The number of nitrogens with zero attached hydrogens (tertiary/aromatic N) is 1. The van der Waals surface area contributed by atoms with Crippen LogP contribution < -0.4 is 5.32 Å². The van der Waals surface area contributed by atoms with Gasteiger partial charge >= 0.3 is 5.97 Å². The van der Waals surface area contributed by atoms with E-state index in [1.54, 1.807) is 29.8 Å². The zero-order chi connectivity index (χ0) is 16.9. The number of nitrogens with one attached hydrogen (secondary N) is 1. The molecule has 0 aliphatic rings. The second-order valence-electron chi connectivity index (χ2n) is 4.89. The molecule has 0 unspecified atom stereocenters. The van der Waals surface area contributed by atoms with E-state index in [9.17, 15) is 9.59 Å². The third-order valence-electron chi connectivity index (χ3n) is 3.40. The SMILES string of the molecule is COC(=O)c1ccccc1NC(=O)c1scnc1-c1ccccc1. The first-order valence-corrected chi connectivity index (χ1v) is 8.06. The Balaban J connectivity index is 1.90. The molecular formula is C18H14N2O3S. The number of ether oxygens (including phenoxy) is 1. The van der Waals surface area contributed by atoms with Crippen molar-refractivity contribution in [1.82, 2.24) is 4.98 Å². The third kappa shape index (κ3) is 3.18. The summed E-state index contributed by atoms with van der Waals surface area (Å²) in [4.78, 5) is 29.2. The molecule has 3 rings (SSSR count). The van der Waals surface area contributed by atoms with Crippen LogP contribution in [0.4, 0.5) is 5.69 Å². The summed E-state index contributed by atoms with van der Waals surface area (Å²) in [6.07, 6.45) is 0. The molecule has 120 valence electrons. The summed E-state index contributed by atoms with van der Waals surface area (Å²) in [7, 11) is 1.30. The summed E-state index contributed by atoms with van der Waals surface area (Å²) in [5.74, 6) is -0.814. The second-order valence-corrected chi connectivity index (χ2v) is 5.74. The van der Waals surface area contributed by atoms with Crippen molar-refractivity contribution in [2.75, 3.05) is 12.4 Å². The molecule has 1 heterocycles. The van der Waals surface area contributed by atoms with Gasteiger partial charge in [-0.2, -0.15) is 0 Å². The summed E-state index contributed by atoms with van der Waals surface area (Å²) in [6.45, 7) is 0. The highest BCUT2D eigenvalue weighted by atomic mass is 32.1. The molecule has 0 atom stereocenters. The van der Waals surface area contributed by atoms with Crippen LogP contribution in [0.2, 0.25) is 0 Å². The number of anilines is 1. The van der Waals surface area contributed by atoms with Crippen LogP contribution in [0.1, 0.15) is 20.0 Å². The lowest BCUT2D eigenvalue weighted by Gasteiger charge is -2.09. The number of hydrogen-bond donors (Lipinski definition) is 1. The van der Waals surface area contributed by atoms with Crippen LogP contribution in [-0.4, -0.2) is 24.0 Å². The highest BCUT2D eigenvalue weighted by Gasteiger charge is 2.19. The van der Waals surface area contributed by atoms with Crippen molar-refractivity contribution in [3.8, 4) is 11.3 Å². The molecule has 0 bridgehead atoms. The Morgan fingerprint density at radius 1 is 1.04 bits per heavy atom. The minimum Gasteiger partial charge on any atom is -0.465 e. The molecule has 0 saturated carbocycles. The first-order valence-electron chi connectivity index (χ1n) is 7.18. The standard InChI is InChI=1S/C18H14N2O3S/c1-23-18(22)13-9-5-6-10-14(13)20-17(21)16-15(19-11-24-16)12-7-3-2-4-8-12/h2-11H,1H3,(H,20,21). The molecule has 1 amide bonds. The number of carbonyl (C=O) groups excluding carboxylic acids is 2. The lowest BCUT2D eigenvalue weighted by atomic mass is 10.1. The molecule has 0 spiro atoms. The minimum absolute atomic E-state index is 0.305. The quantitative estimate of drug-likeness (QED) is 0.734. The zero-order valence-electron chi connectivity index (χ0n) is 12.9. The first kappa shape index (κ1) is 15.9. The van der Waals surface area contributed by atoms with Gasteiger partial charge in [0.25, 0.3) is 5.91 Å². The maximum absolute atomic E-state index is 12.6. The van der Waals surface area contributed by atoms with Gasteiger partial charge in [-0.3, -0.25) is 4.79 Å². The summed E-state index contributed by atoms with van der Waals surface area (Å²) in [6, 6.07) is 16.2. The topological polar surface area (TPSA) is 68.3 Å². The average molecular weight is 338 g/mol. The van der Waals surface area contributed by atoms with E-state index in [-0.39, 0.29) is 5.91 Å². The molecule has 3 aromatic rings. The highest BCUT2D eigenvalue weighted by Crippen LogP contribution is 2.26. The van der Waals surface area contributed by atoms with Gasteiger partial charge in [-0.25, -0.2) is 9.78 Å². The predicted molar refractivity (Wildman–Crippen MR) is 93.3 cm³/mol. The summed E-state index contributed by atoms with van der Waals surface area (Å²) in [5, 5.41) is 2.77. The van der Waals surface area contributed by atoms with Crippen LogP contribution in [0, 0.1) is 0 Å². The van der Waals surface area contributed by atoms with E-state index in [2.05, 4.69) is 10.3 Å². The molecule has 0 radical (unpaired) electrons. The third-order valence-corrected chi connectivity index (χ3v) is 4.23. The van der Waals surface area contributed by atoms with Crippen molar-refractivity contribution in [2.24, 2.45) is 0 Å². The average Bonchev–Trinajstić information content (AvgIpc) is 3.12. The van der Waals surface area contributed by atoms with E-state index >= 15 is 0 Å². The van der Waals surface area contributed by atoms with Crippen LogP contribution in [0.15, 0.2) is 60.1 Å². The number of thiazole rings is 1. The molecule has 5 nitrogen and oxygen atoms in total. The zero-order valence-corrected chi connectivity index (χ0v) is 13.7. The van der Waals surface area contributed by atoms with E-state index in [0.29, 0.717) is 21.8 Å². The Hall–Kier alpha value is -2.99. The smallest absolute Gasteiger partial charge is 0.339 e. The summed E-state index contributed by atoms with van der Waals surface area (Å²) < 4.78 is 4.74. The Kier molecular flexibility index (Phi) is 4.67. The van der Waals surface area contributed by atoms with Gasteiger partial charge in [0.05, 0.1) is 29.6 Å². The van der Waals surface area contributed by atoms with Crippen molar-refractivity contribution in [3.05, 3.63) is 70.5 Å². The van der Waals surface area contributed by atoms with Crippen molar-refractivity contribution >= 4 is 28.9 Å². The molecule has 1 aromatic heterocycles. The maximum Gasteiger partial charge on any atom is 0.339 e. The van der Waals surface area contributed by atoms with Gasteiger partial charge in [0.1, 0.15) is 4.88 Å². The van der Waals surface area contributed by atoms with E-state index in [1.165, 1.54) is 18.4 Å². The number of amides is 1. The molecule has 6 heteroatoms. The van der Waals surface area contributed by atoms with E-state index < -0.39 is 5.97 Å². The van der Waals surface area contributed by atoms with Crippen molar-refractivity contribution in [3.63, 3.8) is 0 Å². The number of esters is 1. The van der Waals surface area contributed by atoms with Crippen LogP contribution in [0.25, 0.3) is 11.3 Å². The van der Waals surface area contributed by atoms with Crippen molar-refractivity contribution < 1.29 is 14.3 Å². The fraction of sp³-hybridized carbons (Fsp3) is 0.0556. The van der Waals surface area contributed by atoms with Gasteiger partial charge in [-0.15, -0.1) is 11.3 Å². The fourth-order valence-electron chi connectivity index (χ4n) is 2.27. The Labute approximate surface area is 142 Å². The Morgan fingerprint density at radius 2 is 1.75 bits per heavy atom. The lowest BCUT2D eigenvalue weighted by molar-refractivity contribution is 0.0602. The monoisotopic (exact) mass is 338 g/mol. The van der Waals surface area contributed by atoms with Gasteiger partial charge in [0.15, 0.2) is 0 Å². The van der Waals surface area contributed by atoms with Crippen LogP contribution in [0.5, 0.6) is 0 Å². The molecule has 1 N–H and O–H groups in total. The molecule has 0 aliphatic carbocycles. The van der Waals surface area contributed by atoms with Crippen LogP contribution >= 0.6 is 11.3 Å². The van der Waals surface area contributed by atoms with Crippen molar-refractivity contribution in [2.45, 2.75) is 0 Å².